The van der Waals surface area contributed by atoms with Crippen LogP contribution in [0.4, 0.5) is 5.69 Å². The molecule has 1 heterocycles. The van der Waals surface area contributed by atoms with Crippen LogP contribution in [0, 0.1) is 0 Å². The van der Waals surface area contributed by atoms with Gasteiger partial charge in [0.2, 0.25) is 11.8 Å². The van der Waals surface area contributed by atoms with Crippen LogP contribution in [0.2, 0.25) is 0 Å². The Bertz CT molecular complexity index is 514. The molecule has 1 saturated heterocycles. The van der Waals surface area contributed by atoms with E-state index in [2.05, 4.69) is 5.32 Å². The van der Waals surface area contributed by atoms with E-state index in [-0.39, 0.29) is 24.1 Å². The van der Waals surface area contributed by atoms with E-state index in [1.54, 1.807) is 0 Å². The summed E-state index contributed by atoms with van der Waals surface area (Å²) in [6, 6.07) is 7.66. The fraction of sp³-hybridized carbons (Fsp3) is 0.500. The van der Waals surface area contributed by atoms with Crippen molar-refractivity contribution in [3.8, 4) is 0 Å². The molecular weight excluding hydrogens is 298 g/mol. The standard InChI is InChI=1S/C16H23N3O2S/c17-15(20)12-22-14-8-4-3-7-13(14)18-11-16(21)19-9-5-1-2-6-10-19/h3-4,7-8,18H,1-2,5-6,9-12H2,(H2,17,20). The molecular formula is C16H23N3O2S. The molecule has 0 saturated carbocycles. The lowest BCUT2D eigenvalue weighted by Crippen LogP contribution is -2.36. The average Bonchev–Trinajstić information content (AvgIpc) is 2.80. The van der Waals surface area contributed by atoms with Crippen LogP contribution in [0.25, 0.3) is 0 Å². The summed E-state index contributed by atoms with van der Waals surface area (Å²) in [7, 11) is 0. The number of hydrogen-bond donors (Lipinski definition) is 2. The number of likely N-dealkylation sites (tertiary alicyclic amines) is 1. The van der Waals surface area contributed by atoms with Crippen molar-refractivity contribution in [3.63, 3.8) is 0 Å². The third-order valence-corrected chi connectivity index (χ3v) is 4.74. The van der Waals surface area contributed by atoms with E-state index in [1.807, 2.05) is 29.2 Å². The van der Waals surface area contributed by atoms with E-state index in [9.17, 15) is 9.59 Å². The summed E-state index contributed by atoms with van der Waals surface area (Å²) >= 11 is 1.38. The lowest BCUT2D eigenvalue weighted by molar-refractivity contribution is -0.129. The maximum absolute atomic E-state index is 12.3. The van der Waals surface area contributed by atoms with Gasteiger partial charge in [0.15, 0.2) is 0 Å². The molecule has 22 heavy (non-hydrogen) atoms. The highest BCUT2D eigenvalue weighted by Crippen LogP contribution is 2.26. The van der Waals surface area contributed by atoms with Crippen LogP contribution in [-0.2, 0) is 9.59 Å². The normalized spacial score (nSPS) is 15.2. The molecule has 2 amide bonds. The van der Waals surface area contributed by atoms with E-state index < -0.39 is 0 Å². The molecule has 1 aliphatic heterocycles. The molecule has 1 aromatic carbocycles. The average molecular weight is 321 g/mol. The van der Waals surface area contributed by atoms with E-state index in [1.165, 1.54) is 24.6 Å². The molecule has 3 N–H and O–H groups in total. The zero-order valence-electron chi connectivity index (χ0n) is 12.7. The molecule has 0 aliphatic carbocycles. The number of rotatable bonds is 6. The lowest BCUT2D eigenvalue weighted by Gasteiger charge is -2.21. The Hall–Kier alpha value is -1.69. The van der Waals surface area contributed by atoms with Crippen molar-refractivity contribution in [3.05, 3.63) is 24.3 Å². The Balaban J connectivity index is 1.90. The van der Waals surface area contributed by atoms with Gasteiger partial charge >= 0.3 is 0 Å². The summed E-state index contributed by atoms with van der Waals surface area (Å²) in [6.45, 7) is 2.01. The zero-order valence-corrected chi connectivity index (χ0v) is 13.5. The molecule has 1 aromatic rings. The van der Waals surface area contributed by atoms with Crippen LogP contribution in [0.1, 0.15) is 25.7 Å². The summed E-state index contributed by atoms with van der Waals surface area (Å²) < 4.78 is 0. The Labute approximate surface area is 135 Å². The molecule has 0 spiro atoms. The quantitative estimate of drug-likeness (QED) is 0.787. The highest BCUT2D eigenvalue weighted by atomic mass is 32.2. The molecule has 1 aliphatic rings. The van der Waals surface area contributed by atoms with Gasteiger partial charge in [-0.05, 0) is 25.0 Å². The molecule has 6 heteroatoms. The minimum atomic E-state index is -0.347. The summed E-state index contributed by atoms with van der Waals surface area (Å²) in [4.78, 5) is 26.1. The largest absolute Gasteiger partial charge is 0.375 e. The highest BCUT2D eigenvalue weighted by molar-refractivity contribution is 8.00. The van der Waals surface area contributed by atoms with E-state index in [4.69, 9.17) is 5.73 Å². The fourth-order valence-corrected chi connectivity index (χ4v) is 3.26. The zero-order chi connectivity index (χ0) is 15.8. The topological polar surface area (TPSA) is 75.4 Å². The second kappa shape index (κ2) is 8.68. The second-order valence-corrected chi connectivity index (χ2v) is 6.42. The number of benzene rings is 1. The van der Waals surface area contributed by atoms with Crippen LogP contribution in [-0.4, -0.2) is 42.1 Å². The number of carbonyl (C=O) groups excluding carboxylic acids is 2. The minimum absolute atomic E-state index is 0.136. The minimum Gasteiger partial charge on any atom is -0.375 e. The van der Waals surface area contributed by atoms with Gasteiger partial charge in [-0.3, -0.25) is 9.59 Å². The molecule has 120 valence electrons. The number of para-hydroxylation sites is 1. The fourth-order valence-electron chi connectivity index (χ4n) is 2.49. The van der Waals surface area contributed by atoms with Gasteiger partial charge in [-0.2, -0.15) is 0 Å². The number of nitrogens with zero attached hydrogens (tertiary/aromatic N) is 1. The van der Waals surface area contributed by atoms with Gasteiger partial charge < -0.3 is 16.0 Å². The van der Waals surface area contributed by atoms with Crippen LogP contribution in [0.3, 0.4) is 0 Å². The first kappa shape index (κ1) is 16.7. The predicted octanol–water partition coefficient (Wildman–Crippen LogP) is 2.08. The monoisotopic (exact) mass is 321 g/mol. The Kier molecular flexibility index (Phi) is 6.58. The predicted molar refractivity (Wildman–Crippen MR) is 89.9 cm³/mol. The molecule has 2 rings (SSSR count). The summed E-state index contributed by atoms with van der Waals surface area (Å²) in [5, 5.41) is 3.19. The third kappa shape index (κ3) is 5.26. The van der Waals surface area contributed by atoms with Gasteiger partial charge in [0, 0.05) is 23.7 Å². The molecule has 0 bridgehead atoms. The van der Waals surface area contributed by atoms with Crippen molar-refractivity contribution in [2.24, 2.45) is 5.73 Å². The van der Waals surface area contributed by atoms with Crippen molar-refractivity contribution in [1.82, 2.24) is 4.90 Å². The Morgan fingerprint density at radius 1 is 1.14 bits per heavy atom. The number of thioether (sulfide) groups is 1. The Morgan fingerprint density at radius 3 is 2.50 bits per heavy atom. The van der Waals surface area contributed by atoms with Crippen LogP contribution >= 0.6 is 11.8 Å². The van der Waals surface area contributed by atoms with Crippen molar-refractivity contribution >= 4 is 29.3 Å². The third-order valence-electron chi connectivity index (χ3n) is 3.65. The van der Waals surface area contributed by atoms with E-state index in [0.717, 1.165) is 36.5 Å². The van der Waals surface area contributed by atoms with Gasteiger partial charge in [0.25, 0.3) is 0 Å². The number of amides is 2. The molecule has 5 nitrogen and oxygen atoms in total. The van der Waals surface area contributed by atoms with Crippen LogP contribution < -0.4 is 11.1 Å². The van der Waals surface area contributed by atoms with Gasteiger partial charge in [-0.1, -0.05) is 25.0 Å². The smallest absolute Gasteiger partial charge is 0.241 e. The number of nitrogens with two attached hydrogens (primary N) is 1. The van der Waals surface area contributed by atoms with Gasteiger partial charge in [-0.25, -0.2) is 0 Å². The number of anilines is 1. The maximum atomic E-state index is 12.3. The van der Waals surface area contributed by atoms with Crippen molar-refractivity contribution in [2.75, 3.05) is 30.7 Å². The van der Waals surface area contributed by atoms with Crippen LogP contribution in [0.5, 0.6) is 0 Å². The first-order valence-electron chi connectivity index (χ1n) is 7.68. The van der Waals surface area contributed by atoms with Crippen molar-refractivity contribution in [1.29, 1.82) is 0 Å². The second-order valence-electron chi connectivity index (χ2n) is 5.40. The van der Waals surface area contributed by atoms with Gasteiger partial charge in [-0.15, -0.1) is 11.8 Å². The summed E-state index contributed by atoms with van der Waals surface area (Å²) in [6.07, 6.45) is 4.61. The van der Waals surface area contributed by atoms with E-state index >= 15 is 0 Å². The lowest BCUT2D eigenvalue weighted by atomic mass is 10.2. The molecule has 0 aromatic heterocycles. The number of carbonyl (C=O) groups is 2. The van der Waals surface area contributed by atoms with Gasteiger partial charge in [0.1, 0.15) is 0 Å². The molecule has 0 unspecified atom stereocenters. The van der Waals surface area contributed by atoms with Crippen molar-refractivity contribution in [2.45, 2.75) is 30.6 Å². The first-order chi connectivity index (χ1) is 10.7. The van der Waals surface area contributed by atoms with Crippen LogP contribution in [0.15, 0.2) is 29.2 Å². The SMILES string of the molecule is NC(=O)CSc1ccccc1NCC(=O)N1CCCCCC1. The molecule has 1 fully saturated rings. The maximum Gasteiger partial charge on any atom is 0.241 e. The number of hydrogen-bond acceptors (Lipinski definition) is 4. The van der Waals surface area contributed by atoms with E-state index in [0.29, 0.717) is 0 Å². The number of nitrogens with one attached hydrogen (secondary N) is 1. The first-order valence-corrected chi connectivity index (χ1v) is 8.67. The number of primary amides is 1. The highest BCUT2D eigenvalue weighted by Gasteiger charge is 2.15. The summed E-state index contributed by atoms with van der Waals surface area (Å²) in [5.41, 5.74) is 6.06. The Morgan fingerprint density at radius 2 is 1.82 bits per heavy atom. The molecule has 0 atom stereocenters. The summed E-state index contributed by atoms with van der Waals surface area (Å²) in [5.74, 6) is 0.0238. The van der Waals surface area contributed by atoms with Crippen molar-refractivity contribution < 1.29 is 9.59 Å². The molecule has 0 radical (unpaired) electrons. The van der Waals surface area contributed by atoms with Gasteiger partial charge in [0.05, 0.1) is 12.3 Å².